The number of hydrogen-bond acceptors (Lipinski definition) is 2. The van der Waals surface area contributed by atoms with Crippen LogP contribution >= 0.6 is 0 Å². The summed E-state index contributed by atoms with van der Waals surface area (Å²) in [6.45, 7) is 4.62. The van der Waals surface area contributed by atoms with Gasteiger partial charge in [-0.05, 0) is 68.5 Å². The lowest BCUT2D eigenvalue weighted by Crippen LogP contribution is -2.62. The van der Waals surface area contributed by atoms with E-state index >= 15 is 0 Å². The molecular weight excluding hydrogens is 308 g/mol. The highest BCUT2D eigenvalue weighted by molar-refractivity contribution is 5.94. The van der Waals surface area contributed by atoms with Crippen molar-refractivity contribution < 1.29 is 4.79 Å². The first-order valence-electron chi connectivity index (χ1n) is 9.38. The number of rotatable bonds is 4. The van der Waals surface area contributed by atoms with E-state index in [1.165, 1.54) is 37.1 Å². The van der Waals surface area contributed by atoms with Crippen molar-refractivity contribution in [1.29, 1.82) is 0 Å². The molecule has 1 N–H and O–H groups in total. The first kappa shape index (κ1) is 16.3. The molecule has 2 aromatic carbocycles. The van der Waals surface area contributed by atoms with Gasteiger partial charge >= 0.3 is 0 Å². The van der Waals surface area contributed by atoms with Crippen LogP contribution in [0, 0.1) is 5.92 Å². The quantitative estimate of drug-likeness (QED) is 0.928. The third-order valence-electron chi connectivity index (χ3n) is 5.94. The lowest BCUT2D eigenvalue weighted by atomic mass is 9.79. The van der Waals surface area contributed by atoms with E-state index in [1.807, 2.05) is 18.2 Å². The Labute approximate surface area is 150 Å². The zero-order valence-corrected chi connectivity index (χ0v) is 14.8. The highest BCUT2D eigenvalue weighted by Crippen LogP contribution is 2.32. The first-order chi connectivity index (χ1) is 12.2. The van der Waals surface area contributed by atoms with Crippen molar-refractivity contribution in [3.8, 4) is 0 Å². The number of carbonyl (C=O) groups excluding carboxylic acids is 1. The molecule has 0 saturated carbocycles. The van der Waals surface area contributed by atoms with Crippen LogP contribution in [0.1, 0.15) is 41.3 Å². The summed E-state index contributed by atoms with van der Waals surface area (Å²) in [4.78, 5) is 15.2. The number of nitrogens with one attached hydrogen (secondary N) is 1. The Balaban J connectivity index is 1.41. The molecule has 0 aliphatic carbocycles. The Morgan fingerprint density at radius 3 is 2.28 bits per heavy atom. The summed E-state index contributed by atoms with van der Waals surface area (Å²) >= 11 is 0. The molecule has 2 aromatic rings. The monoisotopic (exact) mass is 334 g/mol. The van der Waals surface area contributed by atoms with Crippen molar-refractivity contribution in [3.63, 3.8) is 0 Å². The van der Waals surface area contributed by atoms with Gasteiger partial charge in [0.15, 0.2) is 0 Å². The number of benzene rings is 2. The summed E-state index contributed by atoms with van der Waals surface area (Å²) in [6.07, 6.45) is 3.33. The number of hydrogen-bond donors (Lipinski definition) is 1. The maximum Gasteiger partial charge on any atom is 0.251 e. The van der Waals surface area contributed by atoms with Crippen molar-refractivity contribution in [2.24, 2.45) is 5.92 Å². The normalized spacial score (nSPS) is 27.9. The SMILES string of the molecule is CC1C(NC(=O)c2ccc(Cc3ccccc3)cc2)C2CCN1CC2. The Bertz CT molecular complexity index is 715. The van der Waals surface area contributed by atoms with Gasteiger partial charge in [0.25, 0.3) is 5.91 Å². The van der Waals surface area contributed by atoms with E-state index in [0.717, 1.165) is 12.0 Å². The fourth-order valence-electron chi connectivity index (χ4n) is 4.39. The van der Waals surface area contributed by atoms with Crippen LogP contribution in [0.4, 0.5) is 0 Å². The van der Waals surface area contributed by atoms with E-state index in [4.69, 9.17) is 0 Å². The third kappa shape index (κ3) is 3.47. The number of fused-ring (bicyclic) bond motifs is 3. The molecule has 0 aromatic heterocycles. The standard InChI is InChI=1S/C22H26N2O/c1-16-21(19-11-13-24(16)14-12-19)23-22(25)20-9-7-18(8-10-20)15-17-5-3-2-4-6-17/h2-10,16,19,21H,11-15H2,1H3,(H,23,25). The van der Waals surface area contributed by atoms with E-state index in [9.17, 15) is 4.79 Å². The molecule has 2 bridgehead atoms. The molecule has 2 unspecified atom stereocenters. The summed E-state index contributed by atoms with van der Waals surface area (Å²) in [5.74, 6) is 0.707. The maximum atomic E-state index is 12.7. The molecule has 3 heterocycles. The molecule has 0 radical (unpaired) electrons. The number of piperidine rings is 3. The van der Waals surface area contributed by atoms with Gasteiger partial charge in [-0.3, -0.25) is 9.69 Å². The van der Waals surface area contributed by atoms with E-state index in [2.05, 4.69) is 53.5 Å². The molecule has 3 fully saturated rings. The fraction of sp³-hybridized carbons (Fsp3) is 0.409. The van der Waals surface area contributed by atoms with E-state index < -0.39 is 0 Å². The lowest BCUT2D eigenvalue weighted by Gasteiger charge is -2.49. The smallest absolute Gasteiger partial charge is 0.251 e. The number of nitrogens with zero attached hydrogens (tertiary/aromatic N) is 1. The second-order valence-corrected chi connectivity index (χ2v) is 7.47. The molecule has 130 valence electrons. The molecule has 25 heavy (non-hydrogen) atoms. The van der Waals surface area contributed by atoms with Crippen LogP contribution in [0.5, 0.6) is 0 Å². The molecule has 3 nitrogen and oxygen atoms in total. The van der Waals surface area contributed by atoms with Crippen LogP contribution in [-0.2, 0) is 6.42 Å². The van der Waals surface area contributed by atoms with Crippen LogP contribution in [0.3, 0.4) is 0 Å². The Morgan fingerprint density at radius 2 is 1.64 bits per heavy atom. The molecule has 5 rings (SSSR count). The van der Waals surface area contributed by atoms with Gasteiger partial charge in [-0.2, -0.15) is 0 Å². The van der Waals surface area contributed by atoms with E-state index in [0.29, 0.717) is 18.0 Å². The zero-order chi connectivity index (χ0) is 17.2. The van der Waals surface area contributed by atoms with Crippen molar-refractivity contribution in [1.82, 2.24) is 10.2 Å². The third-order valence-corrected chi connectivity index (χ3v) is 5.94. The highest BCUT2D eigenvalue weighted by atomic mass is 16.1. The second-order valence-electron chi connectivity index (χ2n) is 7.47. The second kappa shape index (κ2) is 7.01. The van der Waals surface area contributed by atoms with Gasteiger partial charge in [-0.15, -0.1) is 0 Å². The minimum absolute atomic E-state index is 0.0665. The van der Waals surface area contributed by atoms with Crippen molar-refractivity contribution in [3.05, 3.63) is 71.3 Å². The Morgan fingerprint density at radius 1 is 1.00 bits per heavy atom. The van der Waals surface area contributed by atoms with Crippen LogP contribution in [-0.4, -0.2) is 36.0 Å². The van der Waals surface area contributed by atoms with Crippen molar-refractivity contribution in [2.45, 2.75) is 38.3 Å². The van der Waals surface area contributed by atoms with Crippen molar-refractivity contribution >= 4 is 5.91 Å². The van der Waals surface area contributed by atoms with Crippen LogP contribution in [0.25, 0.3) is 0 Å². The topological polar surface area (TPSA) is 32.3 Å². The molecular formula is C22H26N2O. The molecule has 3 heteroatoms. The summed E-state index contributed by atoms with van der Waals surface area (Å²) in [5.41, 5.74) is 3.29. The molecule has 3 saturated heterocycles. The van der Waals surface area contributed by atoms with Gasteiger partial charge in [-0.25, -0.2) is 0 Å². The van der Waals surface area contributed by atoms with Gasteiger partial charge in [0.1, 0.15) is 0 Å². The first-order valence-corrected chi connectivity index (χ1v) is 9.38. The fourth-order valence-corrected chi connectivity index (χ4v) is 4.39. The predicted molar refractivity (Wildman–Crippen MR) is 101 cm³/mol. The van der Waals surface area contributed by atoms with Crippen LogP contribution in [0.15, 0.2) is 54.6 Å². The zero-order valence-electron chi connectivity index (χ0n) is 14.8. The minimum Gasteiger partial charge on any atom is -0.347 e. The lowest BCUT2D eigenvalue weighted by molar-refractivity contribution is 0.0217. The average molecular weight is 334 g/mol. The van der Waals surface area contributed by atoms with Crippen molar-refractivity contribution in [2.75, 3.05) is 13.1 Å². The largest absolute Gasteiger partial charge is 0.347 e. The van der Waals surface area contributed by atoms with Gasteiger partial charge in [0, 0.05) is 17.6 Å². The number of carbonyl (C=O) groups is 1. The van der Waals surface area contributed by atoms with E-state index in [-0.39, 0.29) is 5.91 Å². The molecule has 0 spiro atoms. The summed E-state index contributed by atoms with van der Waals surface area (Å²) in [6, 6.07) is 19.2. The van der Waals surface area contributed by atoms with Gasteiger partial charge < -0.3 is 5.32 Å². The molecule has 3 aliphatic heterocycles. The van der Waals surface area contributed by atoms with Crippen LogP contribution < -0.4 is 5.32 Å². The predicted octanol–water partition coefficient (Wildman–Crippen LogP) is 3.49. The van der Waals surface area contributed by atoms with Crippen LogP contribution in [0.2, 0.25) is 0 Å². The summed E-state index contributed by atoms with van der Waals surface area (Å²) in [7, 11) is 0. The minimum atomic E-state index is 0.0665. The number of amides is 1. The molecule has 1 amide bonds. The highest BCUT2D eigenvalue weighted by Gasteiger charge is 2.40. The summed E-state index contributed by atoms with van der Waals surface area (Å²) < 4.78 is 0. The Kier molecular flexibility index (Phi) is 4.58. The van der Waals surface area contributed by atoms with Gasteiger partial charge in [0.2, 0.25) is 0 Å². The van der Waals surface area contributed by atoms with Gasteiger partial charge in [0.05, 0.1) is 0 Å². The molecule has 3 aliphatic rings. The maximum absolute atomic E-state index is 12.7. The average Bonchev–Trinajstić information content (AvgIpc) is 2.66. The van der Waals surface area contributed by atoms with E-state index in [1.54, 1.807) is 0 Å². The van der Waals surface area contributed by atoms with Gasteiger partial charge in [-0.1, -0.05) is 42.5 Å². The molecule has 2 atom stereocenters. The summed E-state index contributed by atoms with van der Waals surface area (Å²) in [5, 5.41) is 3.30. The Hall–Kier alpha value is -2.13.